The van der Waals surface area contributed by atoms with E-state index in [1.54, 1.807) is 48.2 Å². The van der Waals surface area contributed by atoms with Crippen molar-refractivity contribution in [3.05, 3.63) is 71.4 Å². The number of ether oxygens (including phenoxy) is 6. The number of carbonyl (C=O) groups is 5. The Hall–Kier alpha value is -4.54. The molecule has 438 valence electrons. The molecular weight excluding hydrogens is 998 g/mol. The van der Waals surface area contributed by atoms with Gasteiger partial charge in [0.25, 0.3) is 17.5 Å². The second kappa shape index (κ2) is 30.3. The van der Waals surface area contributed by atoms with Crippen molar-refractivity contribution in [3.8, 4) is 11.5 Å². The molecule has 1 aliphatic carbocycles. The number of carbonyl (C=O) groups excluding carboxylic acids is 5. The zero-order chi connectivity index (χ0) is 58.2. The molecule has 1 saturated carbocycles. The number of hydrogen-bond acceptors (Lipinski definition) is 13. The van der Waals surface area contributed by atoms with E-state index in [1.807, 2.05) is 77.1 Å². The van der Waals surface area contributed by atoms with Crippen molar-refractivity contribution in [1.29, 1.82) is 0 Å². The zero-order valence-electron chi connectivity index (χ0n) is 49.7. The van der Waals surface area contributed by atoms with Crippen LogP contribution in [0.1, 0.15) is 159 Å². The topological polar surface area (TPSA) is 184 Å². The van der Waals surface area contributed by atoms with Crippen LogP contribution in [0, 0.1) is 41.4 Å². The molecule has 0 spiro atoms. The number of methoxy groups -OCH3 is 4. The van der Waals surface area contributed by atoms with Crippen LogP contribution in [0.5, 0.6) is 11.5 Å². The maximum Gasteiger partial charge on any atom is 0.329 e. The number of fused-ring (bicyclic) bond motifs is 3. The molecule has 2 saturated heterocycles. The predicted molar refractivity (Wildman–Crippen MR) is 301 cm³/mol. The average Bonchev–Trinajstić information content (AvgIpc) is 3.45. The average molecular weight is 1090 g/mol. The lowest BCUT2D eigenvalue weighted by Gasteiger charge is -2.41. The molecule has 2 bridgehead atoms. The number of halogens is 1. The molecule has 78 heavy (non-hydrogen) atoms. The number of amides is 1. The van der Waals surface area contributed by atoms with E-state index in [0.29, 0.717) is 63.4 Å². The lowest BCUT2D eigenvalue weighted by molar-refractivity contribution is -0.230. The summed E-state index contributed by atoms with van der Waals surface area (Å²) in [6.07, 6.45) is 11.7. The second-order valence-electron chi connectivity index (χ2n) is 24.0. The molecule has 4 aliphatic rings. The van der Waals surface area contributed by atoms with E-state index in [9.17, 15) is 34.2 Å². The van der Waals surface area contributed by atoms with Gasteiger partial charge in [-0.2, -0.15) is 0 Å². The van der Waals surface area contributed by atoms with Crippen molar-refractivity contribution in [2.24, 2.45) is 41.4 Å². The molecule has 0 radical (unpaired) electrons. The van der Waals surface area contributed by atoms with Crippen LogP contribution in [0.4, 0.5) is 4.39 Å². The van der Waals surface area contributed by atoms with Gasteiger partial charge in [0.05, 0.1) is 32.5 Å². The number of rotatable bonds is 7. The van der Waals surface area contributed by atoms with Crippen LogP contribution in [-0.2, 0) is 48.3 Å². The van der Waals surface area contributed by atoms with Gasteiger partial charge >= 0.3 is 5.97 Å². The summed E-state index contributed by atoms with van der Waals surface area (Å²) >= 11 is 0. The van der Waals surface area contributed by atoms with Gasteiger partial charge in [0.2, 0.25) is 0 Å². The minimum Gasteiger partial charge on any atom is -0.497 e. The van der Waals surface area contributed by atoms with Crippen molar-refractivity contribution in [2.75, 3.05) is 35.0 Å². The van der Waals surface area contributed by atoms with Gasteiger partial charge in [-0.3, -0.25) is 19.2 Å². The highest BCUT2D eigenvalue weighted by molar-refractivity contribution is 6.39. The Balaban J connectivity index is 0.000000811. The van der Waals surface area contributed by atoms with Crippen LogP contribution < -0.4 is 9.47 Å². The monoisotopic (exact) mass is 1090 g/mol. The number of piperidine rings is 1. The summed E-state index contributed by atoms with van der Waals surface area (Å²) < 4.78 is 50.8. The molecule has 3 fully saturated rings. The van der Waals surface area contributed by atoms with E-state index in [1.165, 1.54) is 12.7 Å². The lowest BCUT2D eigenvalue weighted by atomic mass is 9.78. The normalized spacial score (nSPS) is 35.5. The van der Waals surface area contributed by atoms with Crippen LogP contribution in [-0.4, -0.2) is 128 Å². The van der Waals surface area contributed by atoms with E-state index in [2.05, 4.69) is 26.8 Å². The van der Waals surface area contributed by atoms with Gasteiger partial charge in [-0.05, 0) is 131 Å². The number of alkyl halides is 1. The molecule has 2 N–H and O–H groups in total. The molecular formula is C63H96FNO13. The van der Waals surface area contributed by atoms with Gasteiger partial charge in [0.1, 0.15) is 41.6 Å². The van der Waals surface area contributed by atoms with Crippen molar-refractivity contribution >= 4 is 29.2 Å². The molecule has 1 aromatic rings. The third-order valence-electron chi connectivity index (χ3n) is 16.8. The van der Waals surface area contributed by atoms with Crippen molar-refractivity contribution in [3.63, 3.8) is 0 Å². The molecule has 0 aromatic heterocycles. The summed E-state index contributed by atoms with van der Waals surface area (Å²) in [5.41, 5.74) is 2.70. The molecule has 5 rings (SSSR count). The number of allylic oxidation sites excluding steroid dienone is 7. The van der Waals surface area contributed by atoms with E-state index in [0.717, 1.165) is 28.4 Å². The van der Waals surface area contributed by atoms with Crippen LogP contribution in [0.15, 0.2) is 65.8 Å². The summed E-state index contributed by atoms with van der Waals surface area (Å²) in [4.78, 5) is 71.3. The Morgan fingerprint density at radius 3 is 2.17 bits per heavy atom. The number of ketones is 3. The van der Waals surface area contributed by atoms with E-state index in [-0.39, 0.29) is 66.1 Å². The highest BCUT2D eigenvalue weighted by atomic mass is 19.2. The van der Waals surface area contributed by atoms with Crippen molar-refractivity contribution in [2.45, 2.75) is 207 Å². The number of hydrogen-bond donors (Lipinski definition) is 2. The number of aliphatic hydroxyl groups is 2. The molecule has 3 heterocycles. The summed E-state index contributed by atoms with van der Waals surface area (Å²) in [6, 6.07) is 4.76. The fourth-order valence-corrected chi connectivity index (χ4v) is 11.4. The number of esters is 1. The lowest BCUT2D eigenvalue weighted by Crippen LogP contribution is -2.59. The molecule has 14 nitrogen and oxygen atoms in total. The van der Waals surface area contributed by atoms with Crippen LogP contribution in [0.25, 0.3) is 0 Å². The SMILES string of the molecule is COC1C[C@H](C[C@@H](C)C2CC(=O)[C@H](C)/C=C(\C)C(O)C(OC)C(=O)[C@H](C)C[C@H](C)/C=C/C=C/C=C(\C)[C@@H](C)C[C@@H]3CC[C@@H](C)C(F)(O3)C(=O)C(=O)N3CCCCC3C(=O)O2)CCC1O.COc1ccc(C(C)(C)C)c(OC)c1. The van der Waals surface area contributed by atoms with Crippen molar-refractivity contribution in [1.82, 2.24) is 4.90 Å². The van der Waals surface area contributed by atoms with Crippen LogP contribution in [0.2, 0.25) is 0 Å². The van der Waals surface area contributed by atoms with E-state index >= 15 is 4.39 Å². The van der Waals surface area contributed by atoms with E-state index < -0.39 is 77.8 Å². The Kier molecular flexibility index (Phi) is 25.7. The highest BCUT2D eigenvalue weighted by Crippen LogP contribution is 2.41. The number of aliphatic hydroxyl groups excluding tert-OH is 2. The Labute approximate surface area is 465 Å². The number of benzene rings is 1. The Bertz CT molecular complexity index is 2280. The highest BCUT2D eigenvalue weighted by Gasteiger charge is 2.55. The van der Waals surface area contributed by atoms with E-state index in [4.69, 9.17) is 28.4 Å². The summed E-state index contributed by atoms with van der Waals surface area (Å²) in [7, 11) is 6.28. The molecule has 1 aromatic carbocycles. The fourth-order valence-electron chi connectivity index (χ4n) is 11.4. The minimum absolute atomic E-state index is 0.0240. The van der Waals surface area contributed by atoms with Gasteiger partial charge in [-0.25, -0.2) is 9.18 Å². The minimum atomic E-state index is -2.87. The molecule has 7 unspecified atom stereocenters. The number of Topliss-reactive ketones (excluding diaryl/α,β-unsaturated/α-hetero) is 3. The fraction of sp³-hybridized carbons (Fsp3) is 0.698. The van der Waals surface area contributed by atoms with Gasteiger partial charge in [0.15, 0.2) is 5.78 Å². The first kappa shape index (κ1) is 66.0. The summed E-state index contributed by atoms with van der Waals surface area (Å²) in [6.45, 7) is 21.2. The van der Waals surface area contributed by atoms with Gasteiger partial charge in [-0.1, -0.05) is 110 Å². The standard InChI is InChI=1S/C51H78FNO11.C12H18O2/c1-30-16-12-11-13-17-31(2)32(3)27-39-21-19-37(8)51(52,64-39)48(58)49(59)53-23-15-14-18-40(53)50(60)63-43(34(5)26-38-20-22-41(54)44(28-38)61-9)29-42(55)33(4)25-36(7)46(57)47(62-10)45(56)35(6)24-30;1-12(2,3)10-7-6-9(13-4)8-11(10)14-5/h11-13,16-17,25,30,32-35,37-41,43-44,46-47,54,57H,14-15,18-24,26-29H2,1-10H3;6-8H,1-5H3/b13-11+,16-12+,31-17+,36-25+;/t30-,32+,33-,34-,35-,37-,38+,39+,40?,41?,43?,44?,46?,47?,51?;/m1./s1. The number of nitrogens with zero attached hydrogens (tertiary/aromatic N) is 1. The maximum atomic E-state index is 17.0. The first-order valence-electron chi connectivity index (χ1n) is 28.5. The third-order valence-corrected chi connectivity index (χ3v) is 16.8. The van der Waals surface area contributed by atoms with Crippen LogP contribution in [0.3, 0.4) is 0 Å². The Morgan fingerprint density at radius 2 is 1.53 bits per heavy atom. The quantitative estimate of drug-likeness (QED) is 0.149. The number of cyclic esters (lactones) is 1. The first-order chi connectivity index (χ1) is 36.7. The summed E-state index contributed by atoms with van der Waals surface area (Å²) in [5, 5.41) is 21.9. The largest absolute Gasteiger partial charge is 0.497 e. The maximum absolute atomic E-state index is 17.0. The molecule has 15 heteroatoms. The summed E-state index contributed by atoms with van der Waals surface area (Å²) in [5.74, 6) is -7.21. The predicted octanol–water partition coefficient (Wildman–Crippen LogP) is 10.8. The van der Waals surface area contributed by atoms with Gasteiger partial charge < -0.3 is 43.5 Å². The smallest absolute Gasteiger partial charge is 0.329 e. The van der Waals surface area contributed by atoms with Gasteiger partial charge in [0, 0.05) is 51.0 Å². The first-order valence-corrected chi connectivity index (χ1v) is 28.5. The molecule has 3 aliphatic heterocycles. The Morgan fingerprint density at radius 1 is 0.821 bits per heavy atom. The third kappa shape index (κ3) is 18.0. The second-order valence-corrected chi connectivity index (χ2v) is 24.0. The van der Waals surface area contributed by atoms with Crippen molar-refractivity contribution < 1.29 is 67.0 Å². The van der Waals surface area contributed by atoms with Gasteiger partial charge in [-0.15, -0.1) is 0 Å². The van der Waals surface area contributed by atoms with Crippen LogP contribution >= 0.6 is 0 Å². The molecule has 1 amide bonds. The zero-order valence-corrected chi connectivity index (χ0v) is 49.7. The molecule has 15 atom stereocenters.